The van der Waals surface area contributed by atoms with E-state index in [4.69, 9.17) is 16.3 Å². The Kier molecular flexibility index (Phi) is 3.79. The molecule has 0 radical (unpaired) electrons. The molecule has 1 N–H and O–H groups in total. The molecule has 0 spiro atoms. The largest absolute Gasteiger partial charge is 0.496 e. The number of nitrogens with zero attached hydrogens (tertiary/aromatic N) is 1. The number of para-hydroxylation sites is 1. The number of hydrogen-bond donors (Lipinski definition) is 1. The summed E-state index contributed by atoms with van der Waals surface area (Å²) in [5.41, 5.74) is 0.432. The third-order valence-corrected chi connectivity index (χ3v) is 2.65. The molecule has 18 heavy (non-hydrogen) atoms. The van der Waals surface area contributed by atoms with Gasteiger partial charge in [0.15, 0.2) is 5.82 Å². The topological polar surface area (TPSA) is 51.2 Å². The predicted molar refractivity (Wildman–Crippen MR) is 70.2 cm³/mol. The minimum absolute atomic E-state index is 0.312. The van der Waals surface area contributed by atoms with E-state index < -0.39 is 0 Å². The Balaban J connectivity index is 2.25. The van der Waals surface area contributed by atoms with E-state index >= 15 is 0 Å². The van der Waals surface area contributed by atoms with Crippen LogP contribution in [-0.2, 0) is 0 Å². The number of amides is 1. The van der Waals surface area contributed by atoms with Crippen LogP contribution in [0, 0.1) is 0 Å². The molecule has 1 amide bonds. The normalized spacial score (nSPS) is 9.89. The molecule has 4 nitrogen and oxygen atoms in total. The van der Waals surface area contributed by atoms with E-state index in [2.05, 4.69) is 10.3 Å². The van der Waals surface area contributed by atoms with Crippen LogP contribution in [0.3, 0.4) is 0 Å². The van der Waals surface area contributed by atoms with E-state index in [1.165, 1.54) is 7.11 Å². The molecule has 92 valence electrons. The maximum absolute atomic E-state index is 12.1. The van der Waals surface area contributed by atoms with Crippen molar-refractivity contribution in [2.24, 2.45) is 0 Å². The standard InChI is InChI=1S/C13H11ClN2O2/c1-18-11-7-3-2-5-9(11)13(17)16-12-10(14)6-4-8-15-12/h2-8H,1H3,(H,15,16,17). The van der Waals surface area contributed by atoms with Gasteiger partial charge in [-0.15, -0.1) is 0 Å². The average Bonchev–Trinajstić information content (AvgIpc) is 2.41. The van der Waals surface area contributed by atoms with Crippen LogP contribution in [0.25, 0.3) is 0 Å². The van der Waals surface area contributed by atoms with Gasteiger partial charge in [0, 0.05) is 6.20 Å². The van der Waals surface area contributed by atoms with Gasteiger partial charge in [0.25, 0.3) is 5.91 Å². The molecule has 0 saturated heterocycles. The summed E-state index contributed by atoms with van der Waals surface area (Å²) in [4.78, 5) is 16.1. The van der Waals surface area contributed by atoms with Gasteiger partial charge in [-0.25, -0.2) is 4.98 Å². The van der Waals surface area contributed by atoms with E-state index in [-0.39, 0.29) is 5.91 Å². The lowest BCUT2D eigenvalue weighted by atomic mass is 10.2. The fourth-order valence-electron chi connectivity index (χ4n) is 1.48. The fourth-order valence-corrected chi connectivity index (χ4v) is 1.65. The Morgan fingerprint density at radius 1 is 1.28 bits per heavy atom. The molecule has 1 heterocycles. The first-order chi connectivity index (χ1) is 8.72. The van der Waals surface area contributed by atoms with Crippen molar-refractivity contribution >= 4 is 23.3 Å². The number of nitrogens with one attached hydrogen (secondary N) is 1. The summed E-state index contributed by atoms with van der Waals surface area (Å²) < 4.78 is 5.12. The predicted octanol–water partition coefficient (Wildman–Crippen LogP) is 3.00. The van der Waals surface area contributed by atoms with Crippen molar-refractivity contribution in [1.29, 1.82) is 0 Å². The number of benzene rings is 1. The summed E-state index contributed by atoms with van der Waals surface area (Å²) in [5, 5.41) is 3.03. The SMILES string of the molecule is COc1ccccc1C(=O)Nc1ncccc1Cl. The molecule has 0 bridgehead atoms. The highest BCUT2D eigenvalue weighted by Gasteiger charge is 2.13. The number of hydrogen-bond acceptors (Lipinski definition) is 3. The number of halogens is 1. The number of carbonyl (C=O) groups is 1. The van der Waals surface area contributed by atoms with Crippen LogP contribution in [0.2, 0.25) is 5.02 Å². The van der Waals surface area contributed by atoms with Crippen LogP contribution >= 0.6 is 11.6 Å². The molecule has 0 aliphatic heterocycles. The molecular formula is C13H11ClN2O2. The van der Waals surface area contributed by atoms with Gasteiger partial charge in [0.05, 0.1) is 17.7 Å². The molecule has 5 heteroatoms. The monoisotopic (exact) mass is 262 g/mol. The number of anilines is 1. The molecule has 0 atom stereocenters. The highest BCUT2D eigenvalue weighted by atomic mass is 35.5. The van der Waals surface area contributed by atoms with E-state index in [1.54, 1.807) is 42.6 Å². The van der Waals surface area contributed by atoms with Gasteiger partial charge >= 0.3 is 0 Å². The van der Waals surface area contributed by atoms with Crippen LogP contribution in [0.5, 0.6) is 5.75 Å². The van der Waals surface area contributed by atoms with Gasteiger partial charge in [0.1, 0.15) is 5.75 Å². The van der Waals surface area contributed by atoms with Crippen molar-refractivity contribution in [3.63, 3.8) is 0 Å². The summed E-state index contributed by atoms with van der Waals surface area (Å²) in [6.07, 6.45) is 1.56. The Morgan fingerprint density at radius 2 is 2.06 bits per heavy atom. The second-order valence-corrected chi connectivity index (χ2v) is 3.90. The van der Waals surface area contributed by atoms with E-state index in [1.807, 2.05) is 0 Å². The van der Waals surface area contributed by atoms with Crippen molar-refractivity contribution in [1.82, 2.24) is 4.98 Å². The molecule has 0 aliphatic rings. The molecule has 1 aromatic heterocycles. The highest BCUT2D eigenvalue weighted by Crippen LogP contribution is 2.21. The summed E-state index contributed by atoms with van der Waals surface area (Å²) >= 11 is 5.92. The quantitative estimate of drug-likeness (QED) is 0.925. The second-order valence-electron chi connectivity index (χ2n) is 3.49. The summed E-state index contributed by atoms with van der Waals surface area (Å²) in [6.45, 7) is 0. The minimum atomic E-state index is -0.312. The lowest BCUT2D eigenvalue weighted by molar-refractivity contribution is 0.102. The van der Waals surface area contributed by atoms with Gasteiger partial charge in [-0.05, 0) is 24.3 Å². The van der Waals surface area contributed by atoms with E-state index in [0.29, 0.717) is 22.2 Å². The summed E-state index contributed by atoms with van der Waals surface area (Å²) in [7, 11) is 1.51. The van der Waals surface area contributed by atoms with Crippen LogP contribution in [0.1, 0.15) is 10.4 Å². The van der Waals surface area contributed by atoms with Crippen LogP contribution in [0.4, 0.5) is 5.82 Å². The average molecular weight is 263 g/mol. The van der Waals surface area contributed by atoms with E-state index in [0.717, 1.165) is 0 Å². The lowest BCUT2D eigenvalue weighted by Crippen LogP contribution is -2.14. The Hall–Kier alpha value is -2.07. The molecule has 0 saturated carbocycles. The number of rotatable bonds is 3. The van der Waals surface area contributed by atoms with Gasteiger partial charge in [0.2, 0.25) is 0 Å². The van der Waals surface area contributed by atoms with Crippen LogP contribution in [0.15, 0.2) is 42.6 Å². The third-order valence-electron chi connectivity index (χ3n) is 2.34. The van der Waals surface area contributed by atoms with Crippen LogP contribution in [-0.4, -0.2) is 18.0 Å². The smallest absolute Gasteiger partial charge is 0.260 e. The molecular weight excluding hydrogens is 252 g/mol. The number of ether oxygens (including phenoxy) is 1. The first kappa shape index (κ1) is 12.4. The fraction of sp³-hybridized carbons (Fsp3) is 0.0769. The number of carbonyl (C=O) groups excluding carboxylic acids is 1. The van der Waals surface area contributed by atoms with Crippen molar-refractivity contribution in [3.8, 4) is 5.75 Å². The summed E-state index contributed by atoms with van der Waals surface area (Å²) in [6, 6.07) is 10.3. The van der Waals surface area contributed by atoms with Gasteiger partial charge in [-0.1, -0.05) is 23.7 Å². The molecule has 0 unspecified atom stereocenters. The number of pyridine rings is 1. The second kappa shape index (κ2) is 5.51. The molecule has 2 aromatic rings. The van der Waals surface area contributed by atoms with Crippen molar-refractivity contribution < 1.29 is 9.53 Å². The Labute approximate surface area is 110 Å². The maximum Gasteiger partial charge on any atom is 0.260 e. The van der Waals surface area contributed by atoms with Crippen molar-refractivity contribution in [2.45, 2.75) is 0 Å². The molecule has 0 fully saturated rings. The lowest BCUT2D eigenvalue weighted by Gasteiger charge is -2.09. The minimum Gasteiger partial charge on any atom is -0.496 e. The Morgan fingerprint density at radius 3 is 2.78 bits per heavy atom. The highest BCUT2D eigenvalue weighted by molar-refractivity contribution is 6.33. The zero-order chi connectivity index (χ0) is 13.0. The maximum atomic E-state index is 12.1. The first-order valence-corrected chi connectivity index (χ1v) is 5.65. The molecule has 0 aliphatic carbocycles. The number of aromatic nitrogens is 1. The molecule has 1 aromatic carbocycles. The summed E-state index contributed by atoms with van der Waals surface area (Å²) in [5.74, 6) is 0.519. The zero-order valence-electron chi connectivity index (χ0n) is 9.68. The first-order valence-electron chi connectivity index (χ1n) is 5.27. The number of methoxy groups -OCH3 is 1. The van der Waals surface area contributed by atoms with Gasteiger partial charge < -0.3 is 10.1 Å². The van der Waals surface area contributed by atoms with Gasteiger partial charge in [-0.2, -0.15) is 0 Å². The van der Waals surface area contributed by atoms with Crippen molar-refractivity contribution in [3.05, 3.63) is 53.2 Å². The molecule has 2 rings (SSSR count). The van der Waals surface area contributed by atoms with Crippen LogP contribution < -0.4 is 10.1 Å². The van der Waals surface area contributed by atoms with Gasteiger partial charge in [-0.3, -0.25) is 4.79 Å². The van der Waals surface area contributed by atoms with E-state index in [9.17, 15) is 4.79 Å². The third kappa shape index (κ3) is 2.60. The van der Waals surface area contributed by atoms with Crippen molar-refractivity contribution in [2.75, 3.05) is 12.4 Å². The zero-order valence-corrected chi connectivity index (χ0v) is 10.4. The Bertz CT molecular complexity index is 572.